The van der Waals surface area contributed by atoms with Crippen LogP contribution in [0.3, 0.4) is 0 Å². The standard InChI is InChI=1S/C14H16N2O3S/c1-9-4-5-12(7-13(9)14(17)18)20(19)8-11-6-10(2)15-16(11)3/h4-7H,8H2,1-3H3,(H,17,18). The topological polar surface area (TPSA) is 72.2 Å². The molecule has 0 amide bonds. The summed E-state index contributed by atoms with van der Waals surface area (Å²) in [6.07, 6.45) is 0. The normalized spacial score (nSPS) is 12.3. The quantitative estimate of drug-likeness (QED) is 0.936. The summed E-state index contributed by atoms with van der Waals surface area (Å²) in [5.41, 5.74) is 2.58. The molecule has 1 atom stereocenters. The third-order valence-electron chi connectivity index (χ3n) is 3.08. The van der Waals surface area contributed by atoms with E-state index in [4.69, 9.17) is 5.11 Å². The molecule has 0 aliphatic heterocycles. The fraction of sp³-hybridized carbons (Fsp3) is 0.286. The summed E-state index contributed by atoms with van der Waals surface area (Å²) in [6.45, 7) is 3.60. The second-order valence-electron chi connectivity index (χ2n) is 4.67. The van der Waals surface area contributed by atoms with Crippen molar-refractivity contribution in [3.8, 4) is 0 Å². The first kappa shape index (κ1) is 14.5. The molecular formula is C14H16N2O3S. The van der Waals surface area contributed by atoms with Gasteiger partial charge in [0.25, 0.3) is 0 Å². The number of hydrogen-bond acceptors (Lipinski definition) is 3. The predicted molar refractivity (Wildman–Crippen MR) is 76.2 cm³/mol. The molecule has 2 aromatic rings. The van der Waals surface area contributed by atoms with Crippen LogP contribution in [0.5, 0.6) is 0 Å². The van der Waals surface area contributed by atoms with Gasteiger partial charge in [-0.05, 0) is 37.6 Å². The molecule has 0 fully saturated rings. The monoisotopic (exact) mass is 292 g/mol. The summed E-state index contributed by atoms with van der Waals surface area (Å²) in [5, 5.41) is 13.3. The lowest BCUT2D eigenvalue weighted by Crippen LogP contribution is -2.05. The molecule has 0 spiro atoms. The first-order valence-corrected chi connectivity index (χ1v) is 7.42. The number of aromatic carboxylic acids is 1. The van der Waals surface area contributed by atoms with Gasteiger partial charge in [0.05, 0.1) is 33.5 Å². The summed E-state index contributed by atoms with van der Waals surface area (Å²) in [7, 11) is 0.512. The highest BCUT2D eigenvalue weighted by atomic mass is 32.2. The zero-order chi connectivity index (χ0) is 14.9. The third-order valence-corrected chi connectivity index (χ3v) is 4.42. The van der Waals surface area contributed by atoms with E-state index in [9.17, 15) is 9.00 Å². The van der Waals surface area contributed by atoms with E-state index in [-0.39, 0.29) is 5.56 Å². The molecule has 106 valence electrons. The van der Waals surface area contributed by atoms with Crippen molar-refractivity contribution in [3.63, 3.8) is 0 Å². The predicted octanol–water partition coefficient (Wildman–Crippen LogP) is 2.04. The minimum atomic E-state index is -1.29. The summed E-state index contributed by atoms with van der Waals surface area (Å²) < 4.78 is 14.0. The Kier molecular flexibility index (Phi) is 4.04. The van der Waals surface area contributed by atoms with E-state index in [2.05, 4.69) is 5.10 Å². The number of carboxylic acid groups (broad SMARTS) is 1. The molecule has 20 heavy (non-hydrogen) atoms. The largest absolute Gasteiger partial charge is 0.478 e. The molecule has 0 saturated carbocycles. The molecule has 0 aliphatic carbocycles. The van der Waals surface area contributed by atoms with E-state index in [0.717, 1.165) is 11.4 Å². The Hall–Kier alpha value is -1.95. The maximum absolute atomic E-state index is 12.3. The van der Waals surface area contributed by atoms with Gasteiger partial charge in [-0.3, -0.25) is 8.89 Å². The lowest BCUT2D eigenvalue weighted by molar-refractivity contribution is 0.0696. The van der Waals surface area contributed by atoms with Gasteiger partial charge in [-0.1, -0.05) is 6.07 Å². The van der Waals surface area contributed by atoms with Gasteiger partial charge in [-0.2, -0.15) is 5.10 Å². The third kappa shape index (κ3) is 2.96. The number of aromatic nitrogens is 2. The van der Waals surface area contributed by atoms with Gasteiger partial charge in [0.15, 0.2) is 0 Å². The molecule has 1 unspecified atom stereocenters. The average Bonchev–Trinajstić information content (AvgIpc) is 2.67. The fourth-order valence-electron chi connectivity index (χ4n) is 1.99. The van der Waals surface area contributed by atoms with Crippen molar-refractivity contribution in [2.45, 2.75) is 24.5 Å². The highest BCUT2D eigenvalue weighted by molar-refractivity contribution is 7.84. The van der Waals surface area contributed by atoms with Gasteiger partial charge >= 0.3 is 5.97 Å². The van der Waals surface area contributed by atoms with Gasteiger partial charge in [0.1, 0.15) is 0 Å². The molecular weight excluding hydrogens is 276 g/mol. The van der Waals surface area contributed by atoms with Gasteiger partial charge in [-0.15, -0.1) is 0 Å². The Balaban J connectivity index is 2.28. The molecule has 0 bridgehead atoms. The lowest BCUT2D eigenvalue weighted by Gasteiger charge is -2.06. The number of carboxylic acids is 1. The van der Waals surface area contributed by atoms with Crippen LogP contribution in [0.15, 0.2) is 29.2 Å². The molecule has 1 aromatic heterocycles. The second kappa shape index (κ2) is 5.58. The summed E-state index contributed by atoms with van der Waals surface area (Å²) in [5.74, 6) is -0.683. The van der Waals surface area contributed by atoms with Crippen molar-refractivity contribution in [3.05, 3.63) is 46.8 Å². The summed E-state index contributed by atoms with van der Waals surface area (Å²) in [4.78, 5) is 11.6. The number of carbonyl (C=O) groups is 1. The second-order valence-corrected chi connectivity index (χ2v) is 6.12. The molecule has 6 heteroatoms. The van der Waals surface area contributed by atoms with Crippen LogP contribution in [-0.4, -0.2) is 25.1 Å². The van der Waals surface area contributed by atoms with E-state index in [1.54, 1.807) is 30.8 Å². The molecule has 0 radical (unpaired) electrons. The van der Waals surface area contributed by atoms with E-state index in [0.29, 0.717) is 16.2 Å². The van der Waals surface area contributed by atoms with Gasteiger partial charge in [0, 0.05) is 11.9 Å². The van der Waals surface area contributed by atoms with Crippen LogP contribution in [0.1, 0.15) is 27.3 Å². The van der Waals surface area contributed by atoms with Crippen LogP contribution in [0, 0.1) is 13.8 Å². The molecule has 1 N–H and O–H groups in total. The molecule has 0 saturated heterocycles. The van der Waals surface area contributed by atoms with E-state index < -0.39 is 16.8 Å². The zero-order valence-electron chi connectivity index (χ0n) is 11.6. The van der Waals surface area contributed by atoms with Gasteiger partial charge < -0.3 is 5.11 Å². The number of hydrogen-bond donors (Lipinski definition) is 1. The first-order valence-electron chi connectivity index (χ1n) is 6.10. The maximum atomic E-state index is 12.3. The number of rotatable bonds is 4. The van der Waals surface area contributed by atoms with E-state index in [1.807, 2.05) is 13.0 Å². The zero-order valence-corrected chi connectivity index (χ0v) is 12.4. The molecule has 1 aromatic carbocycles. The summed E-state index contributed by atoms with van der Waals surface area (Å²) in [6, 6.07) is 6.76. The smallest absolute Gasteiger partial charge is 0.335 e. The highest BCUT2D eigenvalue weighted by Gasteiger charge is 2.13. The maximum Gasteiger partial charge on any atom is 0.335 e. The van der Waals surface area contributed by atoms with Crippen molar-refractivity contribution in [2.24, 2.45) is 7.05 Å². The Bertz CT molecular complexity index is 692. The van der Waals surface area contributed by atoms with Crippen molar-refractivity contribution in [2.75, 3.05) is 0 Å². The lowest BCUT2D eigenvalue weighted by atomic mass is 10.1. The van der Waals surface area contributed by atoms with Crippen molar-refractivity contribution < 1.29 is 14.1 Å². The highest BCUT2D eigenvalue weighted by Crippen LogP contribution is 2.17. The van der Waals surface area contributed by atoms with Gasteiger partial charge in [-0.25, -0.2) is 4.79 Å². The van der Waals surface area contributed by atoms with Crippen LogP contribution in [0.4, 0.5) is 0 Å². The molecule has 2 rings (SSSR count). The van der Waals surface area contributed by atoms with Crippen molar-refractivity contribution >= 4 is 16.8 Å². The number of aryl methyl sites for hydroxylation is 3. The molecule has 0 aliphatic rings. The number of benzene rings is 1. The van der Waals surface area contributed by atoms with Crippen LogP contribution in [-0.2, 0) is 23.6 Å². The van der Waals surface area contributed by atoms with E-state index >= 15 is 0 Å². The van der Waals surface area contributed by atoms with Crippen LogP contribution in [0.25, 0.3) is 0 Å². The van der Waals surface area contributed by atoms with Crippen molar-refractivity contribution in [1.29, 1.82) is 0 Å². The minimum absolute atomic E-state index is 0.192. The molecule has 5 nitrogen and oxygen atoms in total. The van der Waals surface area contributed by atoms with Crippen LogP contribution >= 0.6 is 0 Å². The van der Waals surface area contributed by atoms with E-state index in [1.165, 1.54) is 6.07 Å². The Morgan fingerprint density at radius 1 is 1.35 bits per heavy atom. The Labute approximate surface area is 119 Å². The van der Waals surface area contributed by atoms with Crippen molar-refractivity contribution in [1.82, 2.24) is 9.78 Å². The molecule has 1 heterocycles. The number of nitrogens with zero attached hydrogens (tertiary/aromatic N) is 2. The Morgan fingerprint density at radius 3 is 2.60 bits per heavy atom. The van der Waals surface area contributed by atoms with Gasteiger partial charge in [0.2, 0.25) is 0 Å². The minimum Gasteiger partial charge on any atom is -0.478 e. The first-order chi connectivity index (χ1) is 9.38. The SMILES string of the molecule is Cc1cc(CS(=O)c2ccc(C)c(C(=O)O)c2)n(C)n1. The van der Waals surface area contributed by atoms with Crippen LogP contribution < -0.4 is 0 Å². The average molecular weight is 292 g/mol. The fourth-order valence-corrected chi connectivity index (χ4v) is 3.16. The Morgan fingerprint density at radius 2 is 2.05 bits per heavy atom. The summed E-state index contributed by atoms with van der Waals surface area (Å²) >= 11 is 0. The van der Waals surface area contributed by atoms with Crippen LogP contribution in [0.2, 0.25) is 0 Å².